The molecular weight excluding hydrogens is 229 g/mol. The van der Waals surface area contributed by atoms with E-state index in [1.807, 2.05) is 0 Å². The van der Waals surface area contributed by atoms with E-state index in [-0.39, 0.29) is 0 Å². The lowest BCUT2D eigenvalue weighted by Gasteiger charge is -2.45. The SMILES string of the molecule is CC1(C)CC(Nc2ncc(F)cn2)CC(C)(C)C1. The molecule has 3 nitrogen and oxygen atoms in total. The molecule has 1 aliphatic rings. The molecule has 0 aromatic carbocycles. The highest BCUT2D eigenvalue weighted by Gasteiger charge is 2.38. The van der Waals surface area contributed by atoms with E-state index in [0.29, 0.717) is 22.8 Å². The van der Waals surface area contributed by atoms with Gasteiger partial charge in [0.2, 0.25) is 5.95 Å². The van der Waals surface area contributed by atoms with Crippen molar-refractivity contribution in [2.45, 2.75) is 53.0 Å². The van der Waals surface area contributed by atoms with Crippen LogP contribution in [0.5, 0.6) is 0 Å². The Kier molecular flexibility index (Phi) is 3.30. The van der Waals surface area contributed by atoms with E-state index in [1.165, 1.54) is 18.8 Å². The molecule has 0 amide bonds. The molecule has 2 rings (SSSR count). The van der Waals surface area contributed by atoms with Gasteiger partial charge in [-0.15, -0.1) is 0 Å². The lowest BCUT2D eigenvalue weighted by Crippen LogP contribution is -2.40. The van der Waals surface area contributed by atoms with E-state index in [1.54, 1.807) is 0 Å². The Bertz CT molecular complexity index is 396. The van der Waals surface area contributed by atoms with Crippen molar-refractivity contribution in [1.29, 1.82) is 0 Å². The van der Waals surface area contributed by atoms with Crippen LogP contribution in [-0.2, 0) is 0 Å². The monoisotopic (exact) mass is 251 g/mol. The molecule has 0 spiro atoms. The molecule has 1 saturated carbocycles. The van der Waals surface area contributed by atoms with Gasteiger partial charge < -0.3 is 5.32 Å². The number of hydrogen-bond acceptors (Lipinski definition) is 3. The maximum Gasteiger partial charge on any atom is 0.222 e. The highest BCUT2D eigenvalue weighted by Crippen LogP contribution is 2.46. The normalized spacial score (nSPS) is 22.7. The standard InChI is InChI=1S/C14H22FN3/c1-13(2)5-11(6-14(3,4)9-13)18-12-16-7-10(15)8-17-12/h7-8,11H,5-6,9H2,1-4H3,(H,16,17,18). The van der Waals surface area contributed by atoms with Gasteiger partial charge in [-0.05, 0) is 30.1 Å². The van der Waals surface area contributed by atoms with Gasteiger partial charge in [0.15, 0.2) is 5.82 Å². The molecule has 0 radical (unpaired) electrons. The zero-order valence-corrected chi connectivity index (χ0v) is 11.6. The summed E-state index contributed by atoms with van der Waals surface area (Å²) in [5, 5.41) is 3.33. The zero-order valence-electron chi connectivity index (χ0n) is 11.6. The minimum Gasteiger partial charge on any atom is -0.351 e. The minimum atomic E-state index is -0.398. The second-order valence-corrected chi connectivity index (χ2v) is 6.98. The summed E-state index contributed by atoms with van der Waals surface area (Å²) in [5.74, 6) is 0.125. The van der Waals surface area contributed by atoms with E-state index < -0.39 is 5.82 Å². The van der Waals surface area contributed by atoms with E-state index in [0.717, 1.165) is 12.8 Å². The number of rotatable bonds is 2. The number of halogens is 1. The lowest BCUT2D eigenvalue weighted by atomic mass is 9.63. The van der Waals surface area contributed by atoms with Gasteiger partial charge in [-0.1, -0.05) is 27.7 Å². The third-order valence-corrected chi connectivity index (χ3v) is 3.51. The summed E-state index contributed by atoms with van der Waals surface area (Å²) in [6, 6.07) is 0.356. The summed E-state index contributed by atoms with van der Waals surface area (Å²) in [6.45, 7) is 9.20. The highest BCUT2D eigenvalue weighted by atomic mass is 19.1. The summed E-state index contributed by atoms with van der Waals surface area (Å²) in [6.07, 6.45) is 5.82. The number of aromatic nitrogens is 2. The topological polar surface area (TPSA) is 37.8 Å². The maximum absolute atomic E-state index is 12.8. The van der Waals surface area contributed by atoms with Gasteiger partial charge >= 0.3 is 0 Å². The van der Waals surface area contributed by atoms with Crippen LogP contribution >= 0.6 is 0 Å². The van der Waals surface area contributed by atoms with Crippen molar-refractivity contribution in [1.82, 2.24) is 9.97 Å². The molecular formula is C14H22FN3. The number of anilines is 1. The second-order valence-electron chi connectivity index (χ2n) is 6.98. The Balaban J connectivity index is 2.07. The van der Waals surface area contributed by atoms with Gasteiger partial charge in [0.05, 0.1) is 12.4 Å². The molecule has 1 aliphatic carbocycles. The van der Waals surface area contributed by atoms with Crippen molar-refractivity contribution in [3.05, 3.63) is 18.2 Å². The Hall–Kier alpha value is -1.19. The summed E-state index contributed by atoms with van der Waals surface area (Å²) in [7, 11) is 0. The minimum absolute atomic E-state index is 0.319. The van der Waals surface area contributed by atoms with Crippen molar-refractivity contribution in [3.63, 3.8) is 0 Å². The smallest absolute Gasteiger partial charge is 0.222 e. The van der Waals surface area contributed by atoms with Crippen molar-refractivity contribution >= 4 is 5.95 Å². The number of nitrogens with zero attached hydrogens (tertiary/aromatic N) is 2. The van der Waals surface area contributed by atoms with Gasteiger partial charge in [0.1, 0.15) is 0 Å². The van der Waals surface area contributed by atoms with Crippen molar-refractivity contribution < 1.29 is 4.39 Å². The third-order valence-electron chi connectivity index (χ3n) is 3.51. The molecule has 4 heteroatoms. The van der Waals surface area contributed by atoms with E-state index in [9.17, 15) is 4.39 Å². The van der Waals surface area contributed by atoms with Crippen LogP contribution in [0.15, 0.2) is 12.4 Å². The predicted octanol–water partition coefficient (Wildman–Crippen LogP) is 3.63. The van der Waals surface area contributed by atoms with Crippen LogP contribution in [0.1, 0.15) is 47.0 Å². The molecule has 0 aliphatic heterocycles. The molecule has 1 heterocycles. The molecule has 1 aromatic rings. The third kappa shape index (κ3) is 3.40. The molecule has 0 saturated heterocycles. The van der Waals surface area contributed by atoms with Gasteiger partial charge in [0.25, 0.3) is 0 Å². The van der Waals surface area contributed by atoms with Crippen LogP contribution in [0, 0.1) is 16.6 Å². The predicted molar refractivity (Wildman–Crippen MR) is 70.8 cm³/mol. The van der Waals surface area contributed by atoms with Crippen LogP contribution in [0.25, 0.3) is 0 Å². The summed E-state index contributed by atoms with van der Waals surface area (Å²) in [5.41, 5.74) is 0.638. The van der Waals surface area contributed by atoms with Crippen LogP contribution in [0.3, 0.4) is 0 Å². The molecule has 1 aromatic heterocycles. The van der Waals surface area contributed by atoms with Gasteiger partial charge in [-0.2, -0.15) is 0 Å². The average molecular weight is 251 g/mol. The Morgan fingerprint density at radius 3 is 2.11 bits per heavy atom. The van der Waals surface area contributed by atoms with E-state index >= 15 is 0 Å². The van der Waals surface area contributed by atoms with Crippen molar-refractivity contribution in [3.8, 4) is 0 Å². The van der Waals surface area contributed by atoms with Crippen LogP contribution in [-0.4, -0.2) is 16.0 Å². The van der Waals surface area contributed by atoms with E-state index in [4.69, 9.17) is 0 Å². The summed E-state index contributed by atoms with van der Waals surface area (Å²) < 4.78 is 12.8. The van der Waals surface area contributed by atoms with Crippen LogP contribution in [0.4, 0.5) is 10.3 Å². The molecule has 1 N–H and O–H groups in total. The van der Waals surface area contributed by atoms with Gasteiger partial charge in [0, 0.05) is 6.04 Å². The van der Waals surface area contributed by atoms with Crippen molar-refractivity contribution in [2.24, 2.45) is 10.8 Å². The molecule has 18 heavy (non-hydrogen) atoms. The molecule has 0 atom stereocenters. The fraction of sp³-hybridized carbons (Fsp3) is 0.714. The number of hydrogen-bond donors (Lipinski definition) is 1. The van der Waals surface area contributed by atoms with E-state index in [2.05, 4.69) is 43.0 Å². The quantitative estimate of drug-likeness (QED) is 0.872. The molecule has 1 fully saturated rings. The maximum atomic E-state index is 12.8. The van der Waals surface area contributed by atoms with Crippen LogP contribution < -0.4 is 5.32 Å². The Morgan fingerprint density at radius 1 is 1.11 bits per heavy atom. The van der Waals surface area contributed by atoms with Crippen molar-refractivity contribution in [2.75, 3.05) is 5.32 Å². The zero-order chi connectivity index (χ0) is 13.4. The number of nitrogens with one attached hydrogen (secondary N) is 1. The first-order valence-corrected chi connectivity index (χ1v) is 6.50. The van der Waals surface area contributed by atoms with Crippen LogP contribution in [0.2, 0.25) is 0 Å². The Labute approximate surface area is 108 Å². The average Bonchev–Trinajstić information content (AvgIpc) is 2.16. The fourth-order valence-electron chi connectivity index (χ4n) is 3.52. The summed E-state index contributed by atoms with van der Waals surface area (Å²) in [4.78, 5) is 7.94. The van der Waals surface area contributed by atoms with Gasteiger partial charge in [-0.3, -0.25) is 0 Å². The first-order chi connectivity index (χ1) is 8.26. The largest absolute Gasteiger partial charge is 0.351 e. The molecule has 0 unspecified atom stereocenters. The first kappa shape index (κ1) is 13.2. The molecule has 0 bridgehead atoms. The highest BCUT2D eigenvalue weighted by molar-refractivity contribution is 5.25. The Morgan fingerprint density at radius 2 is 1.61 bits per heavy atom. The lowest BCUT2D eigenvalue weighted by molar-refractivity contribution is 0.105. The second kappa shape index (κ2) is 4.48. The summed E-state index contributed by atoms with van der Waals surface area (Å²) >= 11 is 0. The fourth-order valence-corrected chi connectivity index (χ4v) is 3.52. The van der Waals surface area contributed by atoms with Gasteiger partial charge in [-0.25, -0.2) is 14.4 Å². The molecule has 100 valence electrons. The first-order valence-electron chi connectivity index (χ1n) is 6.50.